The van der Waals surface area contributed by atoms with Crippen molar-refractivity contribution in [2.75, 3.05) is 11.0 Å². The molecule has 0 aromatic heterocycles. The molecule has 0 amide bonds. The van der Waals surface area contributed by atoms with Crippen molar-refractivity contribution in [2.24, 2.45) is 0 Å². The third-order valence-corrected chi connectivity index (χ3v) is 5.10. The van der Waals surface area contributed by atoms with Gasteiger partial charge in [0.15, 0.2) is 0 Å². The summed E-state index contributed by atoms with van der Waals surface area (Å²) in [4.78, 5) is 0. The molecule has 0 saturated carbocycles. The molecule has 0 N–H and O–H groups in total. The van der Waals surface area contributed by atoms with Crippen LogP contribution in [-0.4, -0.2) is 19.8 Å². The number of rotatable bonds is 5. The van der Waals surface area contributed by atoms with Gasteiger partial charge in [-0.2, -0.15) is 0 Å². The molecule has 0 aliphatic rings. The first-order valence-electron chi connectivity index (χ1n) is 2.91. The van der Waals surface area contributed by atoms with Gasteiger partial charge in [-0.05, 0) is 6.42 Å². The topological polar surface area (TPSA) is 0 Å². The predicted molar refractivity (Wildman–Crippen MR) is 46.8 cm³/mol. The minimum absolute atomic E-state index is 0.426. The molecule has 0 aliphatic carbocycles. The average Bonchev–Trinajstić information content (AvgIpc) is 1.91. The van der Waals surface area contributed by atoms with Crippen LogP contribution in [0.25, 0.3) is 0 Å². The van der Waals surface area contributed by atoms with E-state index in [4.69, 9.17) is 23.2 Å². The molecule has 0 unspecified atom stereocenters. The van der Waals surface area contributed by atoms with E-state index in [-0.39, 0.29) is 0 Å². The molecule has 1 radical (unpaired) electrons. The van der Waals surface area contributed by atoms with Gasteiger partial charge in [0, 0.05) is 11.0 Å². The fourth-order valence-electron chi connectivity index (χ4n) is 0.476. The molecular weight excluding hydrogens is 171 g/mol. The average molecular weight is 182 g/mol. The van der Waals surface area contributed by atoms with Crippen LogP contribution in [0.1, 0.15) is 6.42 Å². The Morgan fingerprint density at radius 2 is 1.89 bits per heavy atom. The number of halogens is 2. The summed E-state index contributed by atoms with van der Waals surface area (Å²) in [6.45, 7) is 3.63. The lowest BCUT2D eigenvalue weighted by atomic mass is 10.5. The van der Waals surface area contributed by atoms with Gasteiger partial charge < -0.3 is 0 Å². The van der Waals surface area contributed by atoms with Gasteiger partial charge >= 0.3 is 0 Å². The molecule has 0 fully saturated rings. The zero-order valence-corrected chi connectivity index (χ0v) is 7.88. The van der Waals surface area contributed by atoms with Crippen molar-refractivity contribution in [2.45, 2.75) is 12.5 Å². The Labute approximate surface area is 68.5 Å². The highest BCUT2D eigenvalue weighted by Gasteiger charge is 2.05. The highest BCUT2D eigenvalue weighted by molar-refractivity contribution is 6.73. The molecule has 0 heterocycles. The van der Waals surface area contributed by atoms with Crippen LogP contribution >= 0.6 is 23.2 Å². The van der Waals surface area contributed by atoms with E-state index in [0.717, 1.165) is 17.4 Å². The molecule has 3 heteroatoms. The van der Waals surface area contributed by atoms with Crippen molar-refractivity contribution >= 4 is 32.0 Å². The van der Waals surface area contributed by atoms with Crippen LogP contribution < -0.4 is 0 Å². The van der Waals surface area contributed by atoms with Gasteiger partial charge in [-0.1, -0.05) is 12.1 Å². The van der Waals surface area contributed by atoms with Crippen molar-refractivity contribution in [1.82, 2.24) is 0 Å². The van der Waals surface area contributed by atoms with E-state index >= 15 is 0 Å². The highest BCUT2D eigenvalue weighted by atomic mass is 35.5. The lowest BCUT2D eigenvalue weighted by Gasteiger charge is -2.03. The molecular formula is C6H11Cl2Si. The van der Waals surface area contributed by atoms with Gasteiger partial charge in [-0.3, -0.25) is 0 Å². The van der Waals surface area contributed by atoms with Crippen LogP contribution in [0, 0.1) is 0 Å². The maximum Gasteiger partial charge on any atom is 0.0835 e. The van der Waals surface area contributed by atoms with E-state index in [1.807, 2.05) is 6.08 Å². The van der Waals surface area contributed by atoms with E-state index < -0.39 is 8.80 Å². The number of hydrogen-bond acceptors (Lipinski definition) is 0. The van der Waals surface area contributed by atoms with Gasteiger partial charge in [0.25, 0.3) is 0 Å². The van der Waals surface area contributed by atoms with Gasteiger partial charge in [-0.15, -0.1) is 29.8 Å². The zero-order valence-electron chi connectivity index (χ0n) is 5.37. The molecule has 0 aromatic rings. The van der Waals surface area contributed by atoms with Crippen LogP contribution in [0.3, 0.4) is 0 Å². The zero-order chi connectivity index (χ0) is 7.11. The Morgan fingerprint density at radius 1 is 1.33 bits per heavy atom. The van der Waals surface area contributed by atoms with Crippen LogP contribution in [0.2, 0.25) is 6.04 Å². The van der Waals surface area contributed by atoms with Gasteiger partial charge in [0.1, 0.15) is 0 Å². The van der Waals surface area contributed by atoms with E-state index in [0.29, 0.717) is 0 Å². The maximum atomic E-state index is 5.63. The fraction of sp³-hybridized carbons (Fsp3) is 0.667. The molecule has 0 bridgehead atoms. The molecule has 53 valence electrons. The van der Waals surface area contributed by atoms with E-state index in [2.05, 4.69) is 6.58 Å². The number of alkyl halides is 2. The van der Waals surface area contributed by atoms with E-state index in [9.17, 15) is 0 Å². The molecule has 9 heavy (non-hydrogen) atoms. The molecule has 0 atom stereocenters. The minimum Gasteiger partial charge on any atom is -0.130 e. The van der Waals surface area contributed by atoms with E-state index in [1.165, 1.54) is 6.04 Å². The van der Waals surface area contributed by atoms with Crippen molar-refractivity contribution in [1.29, 1.82) is 0 Å². The van der Waals surface area contributed by atoms with Crippen molar-refractivity contribution < 1.29 is 0 Å². The van der Waals surface area contributed by atoms with Crippen molar-refractivity contribution in [3.05, 3.63) is 12.7 Å². The van der Waals surface area contributed by atoms with Gasteiger partial charge in [0.05, 0.1) is 8.80 Å². The standard InChI is InChI=1S/C6H11Cl2Si/c1-2-3-4-9(5-7)6-8/h2H,1,3-6H2. The van der Waals surface area contributed by atoms with Crippen LogP contribution in [0.5, 0.6) is 0 Å². The molecule has 0 aromatic carbocycles. The highest BCUT2D eigenvalue weighted by Crippen LogP contribution is 2.01. The lowest BCUT2D eigenvalue weighted by Crippen LogP contribution is -2.16. The summed E-state index contributed by atoms with van der Waals surface area (Å²) in [5.74, 6) is 0. The Kier molecular flexibility index (Phi) is 7.05. The van der Waals surface area contributed by atoms with E-state index in [1.54, 1.807) is 0 Å². The second-order valence-electron chi connectivity index (χ2n) is 1.84. The van der Waals surface area contributed by atoms with Crippen molar-refractivity contribution in [3.8, 4) is 0 Å². The summed E-state index contributed by atoms with van der Waals surface area (Å²) in [7, 11) is -0.426. The Balaban J connectivity index is 3.19. The Bertz CT molecular complexity index is 71.5. The first-order chi connectivity index (χ1) is 4.35. The SMILES string of the molecule is C=CCC[Si](CCl)CCl. The van der Waals surface area contributed by atoms with Crippen LogP contribution in [0.4, 0.5) is 0 Å². The quantitative estimate of drug-likeness (QED) is 0.348. The second kappa shape index (κ2) is 6.65. The molecule has 0 aliphatic heterocycles. The minimum atomic E-state index is -0.426. The first-order valence-corrected chi connectivity index (χ1v) is 6.10. The molecule has 0 spiro atoms. The summed E-state index contributed by atoms with van der Waals surface area (Å²) >= 11 is 11.3. The third kappa shape index (κ3) is 5.01. The Hall–Kier alpha value is 0.537. The van der Waals surface area contributed by atoms with Crippen molar-refractivity contribution in [3.63, 3.8) is 0 Å². The van der Waals surface area contributed by atoms with Crippen LogP contribution in [0.15, 0.2) is 12.7 Å². The molecule has 0 saturated heterocycles. The summed E-state index contributed by atoms with van der Waals surface area (Å²) in [5.41, 5.74) is 1.53. The summed E-state index contributed by atoms with van der Waals surface area (Å²) < 4.78 is 0. The normalized spacial score (nSPS) is 10.1. The fourth-order valence-corrected chi connectivity index (χ4v) is 3.09. The number of hydrogen-bond donors (Lipinski definition) is 0. The monoisotopic (exact) mass is 181 g/mol. The van der Waals surface area contributed by atoms with Gasteiger partial charge in [-0.25, -0.2) is 0 Å². The third-order valence-electron chi connectivity index (χ3n) is 1.08. The Morgan fingerprint density at radius 3 is 2.22 bits per heavy atom. The maximum absolute atomic E-state index is 5.63. The predicted octanol–water partition coefficient (Wildman–Crippen LogP) is 2.61. The lowest BCUT2D eigenvalue weighted by molar-refractivity contribution is 1.19. The second-order valence-corrected chi connectivity index (χ2v) is 5.98. The molecule has 0 nitrogen and oxygen atoms in total. The van der Waals surface area contributed by atoms with Gasteiger partial charge in [0.2, 0.25) is 0 Å². The number of allylic oxidation sites excluding steroid dienone is 1. The summed E-state index contributed by atoms with van der Waals surface area (Å²) in [6.07, 6.45) is 2.98. The molecule has 0 rings (SSSR count). The first kappa shape index (κ1) is 9.54. The summed E-state index contributed by atoms with van der Waals surface area (Å²) in [6, 6.07) is 1.17. The summed E-state index contributed by atoms with van der Waals surface area (Å²) in [5, 5.41) is 0. The smallest absolute Gasteiger partial charge is 0.0835 e. The largest absolute Gasteiger partial charge is 0.130 e. The van der Waals surface area contributed by atoms with Crippen LogP contribution in [-0.2, 0) is 0 Å².